The molecule has 0 aliphatic carbocycles. The molecule has 113 heavy (non-hydrogen) atoms. The Morgan fingerprint density at radius 2 is 0.867 bits per heavy atom. The van der Waals surface area contributed by atoms with E-state index in [1.807, 2.05) is 163 Å². The quantitative estimate of drug-likeness (QED) is 0.0598. The number of benzene rings is 3. The fourth-order valence-corrected chi connectivity index (χ4v) is 12.2. The van der Waals surface area contributed by atoms with Gasteiger partial charge in [-0.25, -0.2) is 52.5 Å². The lowest BCUT2D eigenvalue weighted by Gasteiger charge is -2.28. The lowest BCUT2D eigenvalue weighted by Crippen LogP contribution is -2.41. The van der Waals surface area contributed by atoms with Crippen LogP contribution in [0.25, 0.3) is 0 Å². The van der Waals surface area contributed by atoms with Gasteiger partial charge in [-0.15, -0.1) is 12.4 Å². The van der Waals surface area contributed by atoms with Crippen molar-refractivity contribution >= 4 is 66.4 Å². The maximum atomic E-state index is 13.9. The number of pyridine rings is 3. The Morgan fingerprint density at radius 1 is 0.460 bits per heavy atom. The Hall–Kier alpha value is -9.40. The molecule has 6 aromatic rings. The van der Waals surface area contributed by atoms with E-state index in [2.05, 4.69) is 15.3 Å². The Morgan fingerprint density at radius 3 is 1.28 bits per heavy atom. The van der Waals surface area contributed by atoms with E-state index >= 15 is 0 Å². The SMILES string of the molecule is Cc1cc(C)nc(N)c1.Cc1cc(C[C@@H]2CN(C(=O)OC(C)(C)C)C[C@@H]2OCCN(CCc2cccc(F)c2)C(=O)OC(C)(C)C)nc(N(Cc2ccccc2)C(=O)OC(C)(C)C)c1.Cc1cc(C[C@@H]2CN(C(=O)OC(C)(C)C)C[C@@H]2OCCN(CCc2cccc(F)c2)C(=O)OC(C)(C)C)nc(NC(=O)OC(C)(C)C)c1.Cl. The predicted molar refractivity (Wildman–Crippen MR) is 437 cm³/mol. The number of rotatable bonds is 22. The van der Waals surface area contributed by atoms with Crippen molar-refractivity contribution in [3.63, 3.8) is 0 Å². The summed E-state index contributed by atoms with van der Waals surface area (Å²) >= 11 is 0. The summed E-state index contributed by atoms with van der Waals surface area (Å²) in [6, 6.07) is 33.6. The number of amides is 6. The predicted octanol–water partition coefficient (Wildman–Crippen LogP) is 17.6. The highest BCUT2D eigenvalue weighted by Crippen LogP contribution is 2.31. The summed E-state index contributed by atoms with van der Waals surface area (Å²) in [6.45, 7) is 43.4. The molecule has 3 aromatic heterocycles. The van der Waals surface area contributed by atoms with Crippen LogP contribution >= 0.6 is 12.4 Å². The minimum Gasteiger partial charge on any atom is -0.444 e. The monoisotopic (exact) mass is 1590 g/mol. The molecule has 622 valence electrons. The fourth-order valence-electron chi connectivity index (χ4n) is 12.2. The number of anilines is 3. The van der Waals surface area contributed by atoms with Crippen molar-refractivity contribution < 1.29 is 75.4 Å². The number of hydrogen-bond donors (Lipinski definition) is 2. The molecule has 2 saturated heterocycles. The first-order valence-corrected chi connectivity index (χ1v) is 38.3. The molecule has 0 bridgehead atoms. The van der Waals surface area contributed by atoms with Gasteiger partial charge in [-0.3, -0.25) is 10.2 Å². The van der Waals surface area contributed by atoms with E-state index in [0.717, 1.165) is 44.9 Å². The molecular formula is C86H123ClF2N10O14. The van der Waals surface area contributed by atoms with Gasteiger partial charge in [0.15, 0.2) is 0 Å². The number of carbonyl (C=O) groups excluding carboxylic acids is 6. The van der Waals surface area contributed by atoms with Crippen LogP contribution in [0.5, 0.6) is 0 Å². The van der Waals surface area contributed by atoms with E-state index in [4.69, 9.17) is 48.6 Å². The summed E-state index contributed by atoms with van der Waals surface area (Å²) in [5, 5.41) is 2.71. The molecule has 8 rings (SSSR count). The third-order valence-corrected chi connectivity index (χ3v) is 16.7. The molecule has 2 fully saturated rings. The van der Waals surface area contributed by atoms with Gasteiger partial charge in [0.25, 0.3) is 0 Å². The third kappa shape index (κ3) is 35.7. The van der Waals surface area contributed by atoms with Crippen LogP contribution in [-0.4, -0.2) is 182 Å². The van der Waals surface area contributed by atoms with Crippen LogP contribution in [0.1, 0.15) is 175 Å². The molecule has 0 unspecified atom stereocenters. The van der Waals surface area contributed by atoms with Gasteiger partial charge in [-0.1, -0.05) is 54.6 Å². The van der Waals surface area contributed by atoms with Crippen LogP contribution in [0.3, 0.4) is 0 Å². The fraction of sp³-hybridized carbons (Fsp3) is 0.547. The maximum absolute atomic E-state index is 13.9. The molecule has 6 amide bonds. The summed E-state index contributed by atoms with van der Waals surface area (Å²) in [7, 11) is 0. The number of ether oxygens (including phenoxy) is 8. The molecule has 24 nitrogen and oxygen atoms in total. The van der Waals surface area contributed by atoms with Crippen molar-refractivity contribution in [3.8, 4) is 0 Å². The van der Waals surface area contributed by atoms with Gasteiger partial charge < -0.3 is 63.2 Å². The van der Waals surface area contributed by atoms with Crippen LogP contribution in [0.15, 0.2) is 115 Å². The molecule has 0 radical (unpaired) electrons. The molecular weight excluding hydrogens is 1470 g/mol. The minimum absolute atomic E-state index is 0. The van der Waals surface area contributed by atoms with Crippen LogP contribution in [-0.2, 0) is 70.1 Å². The number of aromatic nitrogens is 3. The lowest BCUT2D eigenvalue weighted by molar-refractivity contribution is -0.00153. The molecule has 3 N–H and O–H groups in total. The van der Waals surface area contributed by atoms with Gasteiger partial charge in [0.05, 0.1) is 45.1 Å². The highest BCUT2D eigenvalue weighted by atomic mass is 35.5. The number of nitrogens with zero attached hydrogens (tertiary/aromatic N) is 8. The lowest BCUT2D eigenvalue weighted by atomic mass is 9.98. The minimum atomic E-state index is -0.712. The zero-order valence-electron chi connectivity index (χ0n) is 70.4. The molecule has 5 heterocycles. The van der Waals surface area contributed by atoms with E-state index in [0.29, 0.717) is 75.9 Å². The number of carbonyl (C=O) groups is 6. The van der Waals surface area contributed by atoms with E-state index < -0.39 is 76.3 Å². The van der Waals surface area contributed by atoms with Gasteiger partial charge in [-0.05, 0) is 272 Å². The second-order valence-electron chi connectivity index (χ2n) is 34.6. The van der Waals surface area contributed by atoms with Crippen LogP contribution < -0.4 is 16.0 Å². The van der Waals surface area contributed by atoms with Gasteiger partial charge in [0, 0.05) is 68.2 Å². The first-order chi connectivity index (χ1) is 52.0. The number of likely N-dealkylation sites (tertiary alicyclic amines) is 2. The van der Waals surface area contributed by atoms with E-state index in [-0.39, 0.29) is 81.4 Å². The average molecular weight is 1590 g/mol. The maximum Gasteiger partial charge on any atom is 0.416 e. The van der Waals surface area contributed by atoms with Crippen molar-refractivity contribution in [1.82, 2.24) is 34.6 Å². The van der Waals surface area contributed by atoms with Gasteiger partial charge in [-0.2, -0.15) is 0 Å². The Labute approximate surface area is 674 Å². The van der Waals surface area contributed by atoms with E-state index in [1.54, 1.807) is 105 Å². The molecule has 2 aliphatic heterocycles. The zero-order valence-corrected chi connectivity index (χ0v) is 71.2. The molecule has 4 atom stereocenters. The topological polar surface area (TPSA) is 269 Å². The Bertz CT molecular complexity index is 4050. The largest absolute Gasteiger partial charge is 0.444 e. The van der Waals surface area contributed by atoms with E-state index in [1.165, 1.54) is 29.8 Å². The number of nitrogens with two attached hydrogens (primary N) is 1. The van der Waals surface area contributed by atoms with Gasteiger partial charge in [0.2, 0.25) is 0 Å². The first kappa shape index (κ1) is 94.2. The van der Waals surface area contributed by atoms with Crippen molar-refractivity contribution in [2.24, 2.45) is 11.8 Å². The second kappa shape index (κ2) is 41.6. The van der Waals surface area contributed by atoms with Crippen LogP contribution in [0, 0.1) is 51.2 Å². The smallest absolute Gasteiger partial charge is 0.416 e. The average Bonchev–Trinajstić information content (AvgIpc) is 1.73. The number of nitrogens with one attached hydrogen (secondary N) is 1. The zero-order chi connectivity index (χ0) is 83.3. The standard InChI is InChI=1S/C43H59FN4O7.C36H53FN4O7.C7H10N2.ClH/c1-30-23-35(45-37(24-30)48(40(51)55-43(8,9)10)27-32-15-12-11-13-16-32)26-33-28-47(39(50)54-42(5,6)7)29-36(33)52-22-21-46(38(49)53-41(2,3)4)20-19-31-17-14-18-34(44)25-31;1-24-18-28(38-30(19-24)39-31(42)46-34(2,3)4)21-26-22-41(33(44)48-36(8,9)10)23-29(26)45-17-16-40(32(43)47-35(5,6)7)15-14-25-12-11-13-27(37)20-25;1-5-3-6(2)9-7(8)4-5;/h11-18,23-25,33,36H,19-22,26-29H2,1-10H3;11-13,18-20,26,29H,14-17,21-23H2,1-10H3,(H,38,39,42);3-4H,1-2H3,(H2,8,9);1H/t33-,36+;26-,29+;;/m11../s1. The summed E-state index contributed by atoms with van der Waals surface area (Å²) < 4.78 is 74.5. The molecule has 3 aromatic carbocycles. The summed E-state index contributed by atoms with van der Waals surface area (Å²) in [6.07, 6.45) is -1.98. The van der Waals surface area contributed by atoms with Crippen molar-refractivity contribution in [2.75, 3.05) is 81.5 Å². The summed E-state index contributed by atoms with van der Waals surface area (Å²) in [4.78, 5) is 100. The first-order valence-electron chi connectivity index (χ1n) is 38.3. The highest BCUT2D eigenvalue weighted by Gasteiger charge is 2.41. The summed E-state index contributed by atoms with van der Waals surface area (Å²) in [5.74, 6) is 0.425. The van der Waals surface area contributed by atoms with Crippen LogP contribution in [0.2, 0.25) is 0 Å². The van der Waals surface area contributed by atoms with Gasteiger partial charge in [0.1, 0.15) is 62.7 Å². The number of halogens is 3. The van der Waals surface area contributed by atoms with E-state index in [9.17, 15) is 37.5 Å². The highest BCUT2D eigenvalue weighted by molar-refractivity contribution is 5.87. The molecule has 0 spiro atoms. The summed E-state index contributed by atoms with van der Waals surface area (Å²) in [5.41, 5.74) is 9.18. The second-order valence-corrected chi connectivity index (χ2v) is 34.6. The molecule has 0 saturated carbocycles. The third-order valence-electron chi connectivity index (χ3n) is 16.7. The van der Waals surface area contributed by atoms with Crippen molar-refractivity contribution in [2.45, 2.75) is 230 Å². The normalized spacial score (nSPS) is 15.7. The Kier molecular flexibility index (Phi) is 34.7. The molecule has 27 heteroatoms. The van der Waals surface area contributed by atoms with Gasteiger partial charge >= 0.3 is 36.6 Å². The Balaban J connectivity index is 0.000000362. The number of hydrogen-bond acceptors (Lipinski definition) is 18. The van der Waals surface area contributed by atoms with Crippen molar-refractivity contribution in [1.29, 1.82) is 0 Å². The van der Waals surface area contributed by atoms with Crippen molar-refractivity contribution in [3.05, 3.63) is 177 Å². The van der Waals surface area contributed by atoms with Crippen LogP contribution in [0.4, 0.5) is 55.0 Å². The molecule has 2 aliphatic rings. The number of nitrogen functional groups attached to an aromatic ring is 1. The number of aryl methyl sites for hydroxylation is 4.